The van der Waals surface area contributed by atoms with E-state index in [2.05, 4.69) is 5.32 Å². The standard InChI is InChI=1S/C17H24N2O3/c1-21-14-4-3-13(11-15(14)22-2)16(20)19-9-6-17(7-10-19)5-8-18-12-17/h3-4,11,18H,5-10,12H2,1-2H3. The fourth-order valence-corrected chi connectivity index (χ4v) is 3.56. The van der Waals surface area contributed by atoms with Gasteiger partial charge in [-0.2, -0.15) is 0 Å². The smallest absolute Gasteiger partial charge is 0.253 e. The maximum absolute atomic E-state index is 12.7. The zero-order valence-electron chi connectivity index (χ0n) is 13.4. The van der Waals surface area contributed by atoms with Crippen molar-refractivity contribution in [3.63, 3.8) is 0 Å². The fourth-order valence-electron chi connectivity index (χ4n) is 3.56. The number of nitrogens with zero attached hydrogens (tertiary/aromatic N) is 1. The number of carbonyl (C=O) groups excluding carboxylic acids is 1. The number of piperidine rings is 1. The summed E-state index contributed by atoms with van der Waals surface area (Å²) < 4.78 is 10.5. The van der Waals surface area contributed by atoms with Crippen molar-refractivity contribution in [3.05, 3.63) is 23.8 Å². The van der Waals surface area contributed by atoms with Gasteiger partial charge in [0.05, 0.1) is 14.2 Å². The zero-order valence-corrected chi connectivity index (χ0v) is 13.4. The number of benzene rings is 1. The minimum absolute atomic E-state index is 0.0850. The van der Waals surface area contributed by atoms with Gasteiger partial charge in [0.2, 0.25) is 0 Å². The van der Waals surface area contributed by atoms with Crippen molar-refractivity contribution in [1.82, 2.24) is 10.2 Å². The maximum Gasteiger partial charge on any atom is 0.253 e. The van der Waals surface area contributed by atoms with Crippen LogP contribution in [0, 0.1) is 5.41 Å². The lowest BCUT2D eigenvalue weighted by atomic mass is 9.78. The quantitative estimate of drug-likeness (QED) is 0.927. The molecule has 2 heterocycles. The van der Waals surface area contributed by atoms with Crippen LogP contribution in [0.1, 0.15) is 29.6 Å². The molecule has 2 saturated heterocycles. The topological polar surface area (TPSA) is 50.8 Å². The molecule has 0 atom stereocenters. The van der Waals surface area contributed by atoms with E-state index in [4.69, 9.17) is 9.47 Å². The summed E-state index contributed by atoms with van der Waals surface area (Å²) >= 11 is 0. The molecule has 0 unspecified atom stereocenters. The number of methoxy groups -OCH3 is 2. The highest BCUT2D eigenvalue weighted by molar-refractivity contribution is 5.95. The molecule has 0 saturated carbocycles. The van der Waals surface area contributed by atoms with Crippen molar-refractivity contribution >= 4 is 5.91 Å². The summed E-state index contributed by atoms with van der Waals surface area (Å²) in [6.07, 6.45) is 3.43. The van der Waals surface area contributed by atoms with Gasteiger partial charge in [-0.1, -0.05) is 0 Å². The van der Waals surface area contributed by atoms with E-state index in [1.54, 1.807) is 26.4 Å². The van der Waals surface area contributed by atoms with Crippen molar-refractivity contribution in [2.24, 2.45) is 5.41 Å². The molecule has 1 aromatic carbocycles. The van der Waals surface area contributed by atoms with E-state index in [0.717, 1.165) is 39.0 Å². The molecule has 3 rings (SSSR count). The molecule has 0 bridgehead atoms. The molecule has 5 heteroatoms. The highest BCUT2D eigenvalue weighted by Gasteiger charge is 2.38. The van der Waals surface area contributed by atoms with Gasteiger partial charge in [0, 0.05) is 25.2 Å². The summed E-state index contributed by atoms with van der Waals surface area (Å²) in [6, 6.07) is 5.37. The second-order valence-corrected chi connectivity index (χ2v) is 6.29. The molecule has 22 heavy (non-hydrogen) atoms. The van der Waals surface area contributed by atoms with E-state index in [-0.39, 0.29) is 5.91 Å². The van der Waals surface area contributed by atoms with Crippen LogP contribution in [0.25, 0.3) is 0 Å². The molecular formula is C17H24N2O3. The van der Waals surface area contributed by atoms with Gasteiger partial charge in [-0.05, 0) is 49.4 Å². The summed E-state index contributed by atoms with van der Waals surface area (Å²) in [4.78, 5) is 14.6. The highest BCUT2D eigenvalue weighted by Crippen LogP contribution is 2.37. The maximum atomic E-state index is 12.7. The average molecular weight is 304 g/mol. The van der Waals surface area contributed by atoms with Crippen LogP contribution in [0.3, 0.4) is 0 Å². The van der Waals surface area contributed by atoms with Crippen LogP contribution in [0.2, 0.25) is 0 Å². The second-order valence-electron chi connectivity index (χ2n) is 6.29. The third-order valence-corrected chi connectivity index (χ3v) is 5.07. The predicted molar refractivity (Wildman–Crippen MR) is 84.6 cm³/mol. The zero-order chi connectivity index (χ0) is 15.6. The number of carbonyl (C=O) groups is 1. The van der Waals surface area contributed by atoms with E-state index in [1.165, 1.54) is 6.42 Å². The molecule has 120 valence electrons. The van der Waals surface area contributed by atoms with Crippen molar-refractivity contribution in [3.8, 4) is 11.5 Å². The van der Waals surface area contributed by atoms with Crippen molar-refractivity contribution in [1.29, 1.82) is 0 Å². The van der Waals surface area contributed by atoms with Crippen molar-refractivity contribution < 1.29 is 14.3 Å². The second kappa shape index (κ2) is 6.16. The molecule has 1 spiro atoms. The van der Waals surface area contributed by atoms with Gasteiger partial charge in [0.25, 0.3) is 5.91 Å². The molecule has 2 aliphatic heterocycles. The number of nitrogens with one attached hydrogen (secondary N) is 1. The van der Waals surface area contributed by atoms with Gasteiger partial charge in [-0.25, -0.2) is 0 Å². The Morgan fingerprint density at radius 3 is 2.45 bits per heavy atom. The minimum Gasteiger partial charge on any atom is -0.493 e. The number of likely N-dealkylation sites (tertiary alicyclic amines) is 1. The van der Waals surface area contributed by atoms with Gasteiger partial charge in [-0.3, -0.25) is 4.79 Å². The van der Waals surface area contributed by atoms with E-state index < -0.39 is 0 Å². The summed E-state index contributed by atoms with van der Waals surface area (Å²) in [5, 5.41) is 3.45. The molecule has 0 aromatic heterocycles. The summed E-state index contributed by atoms with van der Waals surface area (Å²) in [7, 11) is 3.18. The highest BCUT2D eigenvalue weighted by atomic mass is 16.5. The predicted octanol–water partition coefficient (Wildman–Crippen LogP) is 1.92. The molecule has 5 nitrogen and oxygen atoms in total. The molecular weight excluding hydrogens is 280 g/mol. The number of amides is 1. The molecule has 0 aliphatic carbocycles. The third kappa shape index (κ3) is 2.77. The number of ether oxygens (including phenoxy) is 2. The SMILES string of the molecule is COc1ccc(C(=O)N2CCC3(CCNC3)CC2)cc1OC. The van der Waals surface area contributed by atoms with E-state index >= 15 is 0 Å². The van der Waals surface area contributed by atoms with Crippen LogP contribution in [0.4, 0.5) is 0 Å². The Kier molecular flexibility index (Phi) is 4.25. The molecule has 1 N–H and O–H groups in total. The first-order valence-electron chi connectivity index (χ1n) is 7.89. The Hall–Kier alpha value is -1.75. The molecule has 2 aliphatic rings. The molecule has 1 aromatic rings. The third-order valence-electron chi connectivity index (χ3n) is 5.07. The van der Waals surface area contributed by atoms with Gasteiger partial charge in [-0.15, -0.1) is 0 Å². The molecule has 0 radical (unpaired) electrons. The fraction of sp³-hybridized carbons (Fsp3) is 0.588. The number of rotatable bonds is 3. The lowest BCUT2D eigenvalue weighted by molar-refractivity contribution is 0.0607. The monoisotopic (exact) mass is 304 g/mol. The van der Waals surface area contributed by atoms with Crippen LogP contribution in [0.15, 0.2) is 18.2 Å². The van der Waals surface area contributed by atoms with Crippen LogP contribution in [0.5, 0.6) is 11.5 Å². The first-order chi connectivity index (χ1) is 10.7. The van der Waals surface area contributed by atoms with Crippen molar-refractivity contribution in [2.75, 3.05) is 40.4 Å². The Balaban J connectivity index is 1.69. The summed E-state index contributed by atoms with van der Waals surface area (Å²) in [6.45, 7) is 3.90. The van der Waals surface area contributed by atoms with Crippen LogP contribution in [-0.4, -0.2) is 51.2 Å². The van der Waals surface area contributed by atoms with Crippen LogP contribution >= 0.6 is 0 Å². The van der Waals surface area contributed by atoms with Gasteiger partial charge < -0.3 is 19.7 Å². The Morgan fingerprint density at radius 2 is 1.86 bits per heavy atom. The van der Waals surface area contributed by atoms with Crippen molar-refractivity contribution in [2.45, 2.75) is 19.3 Å². The van der Waals surface area contributed by atoms with Gasteiger partial charge >= 0.3 is 0 Å². The first-order valence-corrected chi connectivity index (χ1v) is 7.89. The normalized spacial score (nSPS) is 20.2. The summed E-state index contributed by atoms with van der Waals surface area (Å²) in [5.74, 6) is 1.33. The van der Waals surface area contributed by atoms with E-state index in [0.29, 0.717) is 22.5 Å². The van der Waals surface area contributed by atoms with Gasteiger partial charge in [0.1, 0.15) is 0 Å². The van der Waals surface area contributed by atoms with Crippen LogP contribution < -0.4 is 14.8 Å². The number of hydrogen-bond acceptors (Lipinski definition) is 4. The lowest BCUT2D eigenvalue weighted by Crippen LogP contribution is -2.44. The van der Waals surface area contributed by atoms with Crippen LogP contribution in [-0.2, 0) is 0 Å². The Labute approximate surface area is 131 Å². The summed E-state index contributed by atoms with van der Waals surface area (Å²) in [5.41, 5.74) is 1.09. The minimum atomic E-state index is 0.0850. The first kappa shape index (κ1) is 15.2. The lowest BCUT2D eigenvalue weighted by Gasteiger charge is -2.39. The van der Waals surface area contributed by atoms with Gasteiger partial charge in [0.15, 0.2) is 11.5 Å². The van der Waals surface area contributed by atoms with E-state index in [1.807, 2.05) is 11.0 Å². The largest absolute Gasteiger partial charge is 0.493 e. The molecule has 2 fully saturated rings. The number of hydrogen-bond donors (Lipinski definition) is 1. The van der Waals surface area contributed by atoms with E-state index in [9.17, 15) is 4.79 Å². The Morgan fingerprint density at radius 1 is 1.14 bits per heavy atom. The Bertz CT molecular complexity index is 543. The molecule has 1 amide bonds. The average Bonchev–Trinajstić information content (AvgIpc) is 3.02.